The minimum absolute atomic E-state index is 0. The van der Waals surface area contributed by atoms with Crippen LogP contribution in [0.2, 0.25) is 0 Å². The Morgan fingerprint density at radius 1 is 1.50 bits per heavy atom. The molecule has 0 heterocycles. The van der Waals surface area contributed by atoms with Crippen molar-refractivity contribution in [1.82, 2.24) is 5.32 Å². The number of nitrogens with one attached hydrogen (secondary N) is 1. The van der Waals surface area contributed by atoms with Gasteiger partial charge in [0.25, 0.3) is 0 Å². The molecule has 4 heteroatoms. The summed E-state index contributed by atoms with van der Waals surface area (Å²) in [6.45, 7) is 4.90. The first-order chi connectivity index (χ1) is 5.31. The van der Waals surface area contributed by atoms with Crippen LogP contribution in [0, 0.1) is 0 Å². The van der Waals surface area contributed by atoms with Gasteiger partial charge in [-0.3, -0.25) is 0 Å². The molecule has 0 radical (unpaired) electrons. The minimum atomic E-state index is 0. The smallest absolute Gasteiger partial charge is 0.306 e. The van der Waals surface area contributed by atoms with Gasteiger partial charge in [0.1, 0.15) is 6.54 Å². The molecule has 0 aliphatic heterocycles. The second-order valence-electron chi connectivity index (χ2n) is 2.45. The summed E-state index contributed by atoms with van der Waals surface area (Å²) in [5.74, 6) is 0. The third-order valence-electron chi connectivity index (χ3n) is 1.32. The number of hydrogen-bond donors (Lipinski definition) is 1. The molecule has 0 aliphatic carbocycles. The van der Waals surface area contributed by atoms with Crippen LogP contribution < -0.4 is 5.32 Å². The van der Waals surface area contributed by atoms with Gasteiger partial charge in [0.2, 0.25) is 0 Å². The molecule has 0 fully saturated rings. The van der Waals surface area contributed by atoms with E-state index >= 15 is 0 Å². The number of halogens is 1. The van der Waals surface area contributed by atoms with Crippen LogP contribution in [0.25, 0.3) is 0 Å². The maximum Gasteiger partial charge on any atom is 0.306 e. The zero-order chi connectivity index (χ0) is 8.53. The lowest BCUT2D eigenvalue weighted by Crippen LogP contribution is -2.14. The Morgan fingerprint density at radius 3 is 2.67 bits per heavy atom. The normalized spacial score (nSPS) is 8.25. The van der Waals surface area contributed by atoms with Gasteiger partial charge in [-0.05, 0) is 31.9 Å². The molecule has 0 rings (SSSR count). The minimum Gasteiger partial charge on any atom is -0.320 e. The predicted octanol–water partition coefficient (Wildman–Crippen LogP) is 0.854. The Hall–Kier alpha value is -0.370. The van der Waals surface area contributed by atoms with Gasteiger partial charge >= 0.3 is 6.01 Å². The van der Waals surface area contributed by atoms with Crippen LogP contribution in [-0.4, -0.2) is 44.3 Å². The van der Waals surface area contributed by atoms with Gasteiger partial charge in [0, 0.05) is 0 Å². The Morgan fingerprint density at radius 2 is 2.17 bits per heavy atom. The van der Waals surface area contributed by atoms with E-state index in [0.717, 1.165) is 26.1 Å². The van der Waals surface area contributed by atoms with Gasteiger partial charge in [0.15, 0.2) is 0 Å². The Labute approximate surface area is 81.0 Å². The molecule has 3 nitrogen and oxygen atoms in total. The van der Waals surface area contributed by atoms with Gasteiger partial charge in [-0.15, -0.1) is 12.4 Å². The third kappa shape index (κ3) is 9.63. The van der Waals surface area contributed by atoms with Crippen molar-refractivity contribution < 1.29 is 4.58 Å². The van der Waals surface area contributed by atoms with E-state index in [2.05, 4.69) is 16.3 Å². The first-order valence-electron chi connectivity index (χ1n) is 4.09. The van der Waals surface area contributed by atoms with Crippen LogP contribution in [-0.2, 0) is 0 Å². The van der Waals surface area contributed by atoms with E-state index in [-0.39, 0.29) is 12.4 Å². The van der Waals surface area contributed by atoms with Crippen molar-refractivity contribution in [2.45, 2.75) is 13.3 Å². The molecule has 12 heavy (non-hydrogen) atoms. The second kappa shape index (κ2) is 10.6. The Kier molecular flexibility index (Phi) is 12.6. The summed E-state index contributed by atoms with van der Waals surface area (Å²) in [5.41, 5.74) is 0. The van der Waals surface area contributed by atoms with Crippen LogP contribution in [0.15, 0.2) is 4.99 Å². The van der Waals surface area contributed by atoms with Gasteiger partial charge in [-0.2, -0.15) is 0 Å². The van der Waals surface area contributed by atoms with E-state index in [1.165, 1.54) is 0 Å². The maximum absolute atomic E-state index is 4.01. The predicted molar refractivity (Wildman–Crippen MR) is 54.8 cm³/mol. The maximum atomic E-state index is 4.01. The van der Waals surface area contributed by atoms with E-state index < -0.39 is 0 Å². The largest absolute Gasteiger partial charge is 0.320 e. The van der Waals surface area contributed by atoms with Crippen LogP contribution in [0.1, 0.15) is 13.3 Å². The highest BCUT2D eigenvalue weighted by atomic mass is 35.5. The average Bonchev–Trinajstić information content (AvgIpc) is 2.01. The lowest BCUT2D eigenvalue weighted by atomic mass is 10.4. The summed E-state index contributed by atoms with van der Waals surface area (Å²) >= 11 is 0. The van der Waals surface area contributed by atoms with E-state index in [0.29, 0.717) is 0 Å². The average molecular weight is 193 g/mol. The zero-order valence-corrected chi connectivity index (χ0v) is 8.95. The monoisotopic (exact) mass is 192 g/mol. The van der Waals surface area contributed by atoms with Crippen molar-refractivity contribution in [3.63, 3.8) is 0 Å². The topological polar surface area (TPSA) is 27.4 Å². The molecule has 72 valence electrons. The van der Waals surface area contributed by atoms with Crippen LogP contribution >= 0.6 is 12.4 Å². The molecule has 0 aromatic heterocycles. The van der Waals surface area contributed by atoms with Crippen molar-refractivity contribution in [1.29, 1.82) is 0 Å². The number of aliphatic imine (C=N–C) groups is 1. The number of rotatable bonds is 5. The third-order valence-corrected chi connectivity index (χ3v) is 1.32. The molecule has 0 bridgehead atoms. The molecule has 0 saturated heterocycles. The molecule has 0 aromatic carbocycles. The molecule has 0 atom stereocenters. The lowest BCUT2D eigenvalue weighted by Gasteiger charge is -1.95. The molecule has 0 aromatic rings. The molecule has 0 unspecified atom stereocenters. The SMILES string of the molecule is CCN=C=[N+](C)CCCNC.Cl. The second-order valence-corrected chi connectivity index (χ2v) is 2.45. The Bertz CT molecular complexity index is 150. The highest BCUT2D eigenvalue weighted by Gasteiger charge is 1.89. The lowest BCUT2D eigenvalue weighted by molar-refractivity contribution is -0.491. The highest BCUT2D eigenvalue weighted by Crippen LogP contribution is 1.75. The van der Waals surface area contributed by atoms with E-state index in [1.54, 1.807) is 0 Å². The molecule has 1 N–H and O–H groups in total. The fourth-order valence-electron chi connectivity index (χ4n) is 0.734. The van der Waals surface area contributed by atoms with Crippen molar-refractivity contribution in [3.8, 4) is 0 Å². The fourth-order valence-corrected chi connectivity index (χ4v) is 0.734. The highest BCUT2D eigenvalue weighted by molar-refractivity contribution is 5.85. The fraction of sp³-hybridized carbons (Fsp3) is 0.875. The van der Waals surface area contributed by atoms with Crippen molar-refractivity contribution in [3.05, 3.63) is 0 Å². The zero-order valence-electron chi connectivity index (χ0n) is 8.13. The summed E-state index contributed by atoms with van der Waals surface area (Å²) in [6.07, 6.45) is 1.14. The first kappa shape index (κ1) is 14.2. The standard InChI is InChI=1S/C8H18N3.ClH/c1-4-10-8-11(3)7-5-6-9-2;/h9H,4-7H2,1-3H3;1H/q+1;. The van der Waals surface area contributed by atoms with Crippen molar-refractivity contribution >= 4 is 18.4 Å². The van der Waals surface area contributed by atoms with Crippen LogP contribution in [0.5, 0.6) is 0 Å². The molecule has 0 spiro atoms. The molecule has 0 amide bonds. The molecule has 0 saturated carbocycles. The summed E-state index contributed by atoms with van der Waals surface area (Å²) in [5, 5.41) is 3.09. The van der Waals surface area contributed by atoms with Crippen LogP contribution in [0.3, 0.4) is 0 Å². The summed E-state index contributed by atoms with van der Waals surface area (Å²) in [4.78, 5) is 4.01. The first-order valence-corrected chi connectivity index (χ1v) is 4.09. The number of hydrogen-bond acceptors (Lipinski definition) is 2. The molecular formula is C8H19ClN3+. The quantitative estimate of drug-likeness (QED) is 0.391. The van der Waals surface area contributed by atoms with E-state index in [1.807, 2.05) is 25.6 Å². The summed E-state index contributed by atoms with van der Waals surface area (Å²) < 4.78 is 1.99. The van der Waals surface area contributed by atoms with E-state index in [4.69, 9.17) is 0 Å². The molecule has 0 aliphatic rings. The number of nitrogens with zero attached hydrogens (tertiary/aromatic N) is 2. The van der Waals surface area contributed by atoms with Crippen LogP contribution in [0.4, 0.5) is 0 Å². The van der Waals surface area contributed by atoms with Crippen molar-refractivity contribution in [2.75, 3.05) is 33.7 Å². The molecular weight excluding hydrogens is 174 g/mol. The van der Waals surface area contributed by atoms with Gasteiger partial charge in [-0.1, -0.05) is 0 Å². The van der Waals surface area contributed by atoms with E-state index in [9.17, 15) is 0 Å². The van der Waals surface area contributed by atoms with Gasteiger partial charge in [-0.25, -0.2) is 4.58 Å². The van der Waals surface area contributed by atoms with Gasteiger partial charge < -0.3 is 5.32 Å². The summed E-state index contributed by atoms with van der Waals surface area (Å²) in [7, 11) is 3.96. The van der Waals surface area contributed by atoms with Crippen molar-refractivity contribution in [2.24, 2.45) is 4.99 Å². The van der Waals surface area contributed by atoms with Gasteiger partial charge in [0.05, 0.1) is 13.6 Å². The Balaban J connectivity index is 0. The summed E-state index contributed by atoms with van der Waals surface area (Å²) in [6, 6.07) is 2.92.